The van der Waals surface area contributed by atoms with E-state index in [0.29, 0.717) is 16.5 Å². The highest BCUT2D eigenvalue weighted by molar-refractivity contribution is 6.31. The SMILES string of the molecule is Cn1c(=O)n(CC(=O)c2ccccc2)c(=O)c2c1nc(NC1CCCCC1N)n2Cc1ccccc1Cl. The summed E-state index contributed by atoms with van der Waals surface area (Å²) in [5.41, 5.74) is 6.87. The largest absolute Gasteiger partial charge is 0.351 e. The molecule has 0 saturated heterocycles. The summed E-state index contributed by atoms with van der Waals surface area (Å²) in [5.74, 6) is 0.111. The number of nitrogens with zero attached hydrogens (tertiary/aromatic N) is 4. The Kier molecular flexibility index (Phi) is 6.99. The fraction of sp³-hybridized carbons (Fsp3) is 0.333. The maximum absolute atomic E-state index is 13.8. The van der Waals surface area contributed by atoms with E-state index in [0.717, 1.165) is 35.8 Å². The molecule has 3 N–H and O–H groups in total. The molecule has 37 heavy (non-hydrogen) atoms. The van der Waals surface area contributed by atoms with Crippen LogP contribution in [-0.2, 0) is 20.1 Å². The summed E-state index contributed by atoms with van der Waals surface area (Å²) in [4.78, 5) is 44.6. The van der Waals surface area contributed by atoms with Gasteiger partial charge in [0.25, 0.3) is 5.56 Å². The van der Waals surface area contributed by atoms with Gasteiger partial charge in [-0.25, -0.2) is 4.79 Å². The number of anilines is 1. The molecule has 0 aliphatic heterocycles. The number of aryl methyl sites for hydroxylation is 1. The molecule has 0 bridgehead atoms. The van der Waals surface area contributed by atoms with Gasteiger partial charge in [-0.2, -0.15) is 4.98 Å². The molecule has 10 heteroatoms. The lowest BCUT2D eigenvalue weighted by Gasteiger charge is -2.29. The van der Waals surface area contributed by atoms with E-state index >= 15 is 0 Å². The Bertz CT molecular complexity index is 1570. The summed E-state index contributed by atoms with van der Waals surface area (Å²) in [7, 11) is 1.55. The predicted molar refractivity (Wildman–Crippen MR) is 144 cm³/mol. The number of fused-ring (bicyclic) bond motifs is 1. The minimum absolute atomic E-state index is 0.0190. The van der Waals surface area contributed by atoms with Gasteiger partial charge in [0.2, 0.25) is 5.95 Å². The number of hydrogen-bond acceptors (Lipinski definition) is 6. The van der Waals surface area contributed by atoms with Gasteiger partial charge in [-0.1, -0.05) is 73.0 Å². The minimum atomic E-state index is -0.606. The van der Waals surface area contributed by atoms with Gasteiger partial charge in [0.1, 0.15) is 0 Å². The van der Waals surface area contributed by atoms with E-state index in [1.54, 1.807) is 48.0 Å². The molecule has 2 atom stereocenters. The van der Waals surface area contributed by atoms with Crippen molar-refractivity contribution < 1.29 is 4.79 Å². The summed E-state index contributed by atoms with van der Waals surface area (Å²) in [6.45, 7) is -0.125. The van der Waals surface area contributed by atoms with E-state index in [4.69, 9.17) is 17.3 Å². The maximum atomic E-state index is 13.8. The van der Waals surface area contributed by atoms with Crippen LogP contribution in [0.3, 0.4) is 0 Å². The Morgan fingerprint density at radius 3 is 2.49 bits per heavy atom. The molecule has 1 aliphatic carbocycles. The lowest BCUT2D eigenvalue weighted by atomic mass is 9.91. The van der Waals surface area contributed by atoms with Crippen molar-refractivity contribution in [2.24, 2.45) is 12.8 Å². The molecule has 2 heterocycles. The Morgan fingerprint density at radius 2 is 1.76 bits per heavy atom. The van der Waals surface area contributed by atoms with E-state index in [1.807, 2.05) is 18.2 Å². The van der Waals surface area contributed by atoms with Crippen LogP contribution < -0.4 is 22.3 Å². The lowest BCUT2D eigenvalue weighted by Crippen LogP contribution is -2.43. The topological polar surface area (TPSA) is 117 Å². The molecule has 1 fully saturated rings. The second kappa shape index (κ2) is 10.4. The average molecular weight is 521 g/mol. The summed E-state index contributed by atoms with van der Waals surface area (Å²) in [5, 5.41) is 3.99. The van der Waals surface area contributed by atoms with Crippen molar-refractivity contribution in [1.82, 2.24) is 18.7 Å². The van der Waals surface area contributed by atoms with Crippen molar-refractivity contribution in [3.63, 3.8) is 0 Å². The molecular formula is C27H29ClN6O3. The third-order valence-corrected chi connectivity index (χ3v) is 7.42. The number of imidazole rings is 1. The van der Waals surface area contributed by atoms with Crippen LogP contribution in [0.25, 0.3) is 11.2 Å². The molecule has 0 spiro atoms. The number of aromatic nitrogens is 4. The van der Waals surface area contributed by atoms with Crippen LogP contribution in [0.4, 0.5) is 5.95 Å². The normalized spacial score (nSPS) is 17.7. The molecule has 5 rings (SSSR count). The number of hydrogen-bond donors (Lipinski definition) is 2. The van der Waals surface area contributed by atoms with Gasteiger partial charge in [0.05, 0.1) is 13.1 Å². The highest BCUT2D eigenvalue weighted by atomic mass is 35.5. The van der Waals surface area contributed by atoms with Crippen LogP contribution in [0.5, 0.6) is 0 Å². The smallest absolute Gasteiger partial charge is 0.332 e. The standard InChI is InChI=1S/C27H29ClN6O3/c1-32-24-23(25(36)34(27(32)37)16-22(35)17-9-3-2-4-10-17)33(15-18-11-5-6-12-19(18)28)26(31-24)30-21-14-8-7-13-20(21)29/h2-6,9-12,20-21H,7-8,13-16,29H2,1H3,(H,30,31). The lowest BCUT2D eigenvalue weighted by molar-refractivity contribution is 0.0969. The van der Waals surface area contributed by atoms with Crippen molar-refractivity contribution in [3.05, 3.63) is 91.6 Å². The summed E-state index contributed by atoms with van der Waals surface area (Å²) in [6, 6.07) is 15.9. The van der Waals surface area contributed by atoms with Gasteiger partial charge in [-0.3, -0.25) is 23.3 Å². The Balaban J connectivity index is 1.66. The average Bonchev–Trinajstić information content (AvgIpc) is 3.26. The zero-order valence-corrected chi connectivity index (χ0v) is 21.3. The van der Waals surface area contributed by atoms with Crippen molar-refractivity contribution in [2.45, 2.75) is 50.9 Å². The number of rotatable bonds is 7. The van der Waals surface area contributed by atoms with Gasteiger partial charge in [-0.15, -0.1) is 0 Å². The van der Waals surface area contributed by atoms with Crippen LogP contribution in [0.15, 0.2) is 64.2 Å². The molecule has 0 amide bonds. The number of Topliss-reactive ketones (excluding diaryl/α,β-unsaturated/α-hetero) is 1. The second-order valence-corrected chi connectivity index (χ2v) is 9.91. The number of nitrogens with one attached hydrogen (secondary N) is 1. The number of halogens is 1. The van der Waals surface area contributed by atoms with E-state index < -0.39 is 11.2 Å². The van der Waals surface area contributed by atoms with Gasteiger partial charge >= 0.3 is 5.69 Å². The minimum Gasteiger partial charge on any atom is -0.351 e. The van der Waals surface area contributed by atoms with Crippen LogP contribution >= 0.6 is 11.6 Å². The number of nitrogens with two attached hydrogens (primary N) is 1. The van der Waals surface area contributed by atoms with Gasteiger partial charge in [0, 0.05) is 29.7 Å². The molecule has 9 nitrogen and oxygen atoms in total. The first-order chi connectivity index (χ1) is 17.8. The van der Waals surface area contributed by atoms with Crippen LogP contribution in [-0.4, -0.2) is 36.6 Å². The first-order valence-corrected chi connectivity index (χ1v) is 12.8. The van der Waals surface area contributed by atoms with E-state index in [-0.39, 0.29) is 42.1 Å². The number of carbonyl (C=O) groups is 1. The fourth-order valence-corrected chi connectivity index (χ4v) is 5.13. The summed E-state index contributed by atoms with van der Waals surface area (Å²) >= 11 is 6.47. The molecule has 1 saturated carbocycles. The summed E-state index contributed by atoms with van der Waals surface area (Å²) in [6.07, 6.45) is 3.90. The first-order valence-electron chi connectivity index (χ1n) is 12.4. The van der Waals surface area contributed by atoms with Crippen LogP contribution in [0.1, 0.15) is 41.6 Å². The quantitative estimate of drug-likeness (QED) is 0.361. The maximum Gasteiger partial charge on any atom is 0.332 e. The third kappa shape index (κ3) is 4.84. The molecule has 2 aromatic carbocycles. The van der Waals surface area contributed by atoms with Gasteiger partial charge in [0.15, 0.2) is 16.9 Å². The van der Waals surface area contributed by atoms with Gasteiger partial charge < -0.3 is 11.1 Å². The Morgan fingerprint density at radius 1 is 1.05 bits per heavy atom. The third-order valence-electron chi connectivity index (χ3n) is 7.05. The number of benzene rings is 2. The van der Waals surface area contributed by atoms with E-state index in [1.165, 1.54) is 4.57 Å². The van der Waals surface area contributed by atoms with Crippen LogP contribution in [0, 0.1) is 0 Å². The predicted octanol–water partition coefficient (Wildman–Crippen LogP) is 3.16. The fourth-order valence-electron chi connectivity index (χ4n) is 4.94. The Hall–Kier alpha value is -3.69. The van der Waals surface area contributed by atoms with E-state index in [2.05, 4.69) is 10.3 Å². The molecule has 4 aromatic rings. The molecule has 0 radical (unpaired) electrons. The molecule has 2 aromatic heterocycles. The van der Waals surface area contributed by atoms with E-state index in [9.17, 15) is 14.4 Å². The van der Waals surface area contributed by atoms with Crippen molar-refractivity contribution in [3.8, 4) is 0 Å². The number of ketones is 1. The second-order valence-electron chi connectivity index (χ2n) is 9.51. The zero-order valence-electron chi connectivity index (χ0n) is 20.6. The van der Waals surface area contributed by atoms with Crippen molar-refractivity contribution >= 4 is 34.5 Å². The first kappa shape index (κ1) is 25.0. The molecule has 1 aliphatic rings. The number of carbonyl (C=O) groups excluding carboxylic acids is 1. The Labute approximate surface area is 218 Å². The molecule has 2 unspecified atom stereocenters. The van der Waals surface area contributed by atoms with Gasteiger partial charge in [-0.05, 0) is 24.5 Å². The highest BCUT2D eigenvalue weighted by Crippen LogP contribution is 2.25. The van der Waals surface area contributed by atoms with Crippen molar-refractivity contribution in [2.75, 3.05) is 5.32 Å². The zero-order chi connectivity index (χ0) is 26.1. The summed E-state index contributed by atoms with van der Waals surface area (Å²) < 4.78 is 4.02. The molecular weight excluding hydrogens is 492 g/mol. The highest BCUT2D eigenvalue weighted by Gasteiger charge is 2.27. The van der Waals surface area contributed by atoms with Crippen molar-refractivity contribution in [1.29, 1.82) is 0 Å². The monoisotopic (exact) mass is 520 g/mol. The van der Waals surface area contributed by atoms with Crippen LogP contribution in [0.2, 0.25) is 5.02 Å². The molecule has 192 valence electrons.